The highest BCUT2D eigenvalue weighted by Crippen LogP contribution is 2.27. The Balaban J connectivity index is 3.36. The minimum atomic E-state index is -1.77. The minimum Gasteiger partial charge on any atom is -0.474 e. The zero-order valence-electron chi connectivity index (χ0n) is 12.8. The summed E-state index contributed by atoms with van der Waals surface area (Å²) in [6, 6.07) is 2.93. The number of hydrogen-bond acceptors (Lipinski definition) is 8. The van der Waals surface area contributed by atoms with Crippen molar-refractivity contribution in [2.45, 2.75) is 20.0 Å². The number of carbonyl (C=O) groups excluding carboxylic acids is 1. The molecule has 0 heterocycles. The van der Waals surface area contributed by atoms with E-state index < -0.39 is 33.5 Å². The highest BCUT2D eigenvalue weighted by Gasteiger charge is 2.25. The van der Waals surface area contributed by atoms with Gasteiger partial charge < -0.3 is 4.74 Å². The Kier molecular flexibility index (Phi) is 6.58. The molecule has 0 bridgehead atoms. The maximum Gasteiger partial charge on any atom is 0.411 e. The van der Waals surface area contributed by atoms with Crippen molar-refractivity contribution in [2.75, 3.05) is 7.05 Å². The van der Waals surface area contributed by atoms with Crippen molar-refractivity contribution in [3.63, 3.8) is 0 Å². The van der Waals surface area contributed by atoms with Crippen molar-refractivity contribution in [3.8, 4) is 0 Å². The van der Waals surface area contributed by atoms with E-state index >= 15 is 0 Å². The first-order valence-electron chi connectivity index (χ1n) is 6.41. The molecule has 0 unspecified atom stereocenters. The van der Waals surface area contributed by atoms with Crippen molar-refractivity contribution in [1.29, 1.82) is 0 Å². The summed E-state index contributed by atoms with van der Waals surface area (Å²) in [6.07, 6.45) is -2.21. The Morgan fingerprint density at radius 2 is 1.96 bits per heavy atom. The fourth-order valence-corrected chi connectivity index (χ4v) is 1.86. The van der Waals surface area contributed by atoms with Gasteiger partial charge in [0.25, 0.3) is 11.4 Å². The van der Waals surface area contributed by atoms with E-state index in [9.17, 15) is 29.4 Å². The van der Waals surface area contributed by atoms with Gasteiger partial charge in [-0.1, -0.05) is 0 Å². The van der Waals surface area contributed by atoms with E-state index in [1.54, 1.807) is 13.8 Å². The zero-order valence-corrected chi connectivity index (χ0v) is 13.7. The van der Waals surface area contributed by atoms with Gasteiger partial charge in [0.05, 0.1) is 22.0 Å². The first-order chi connectivity index (χ1) is 11.1. The Bertz CT molecular complexity index is 696. The average molecular weight is 360 g/mol. The van der Waals surface area contributed by atoms with Crippen LogP contribution in [0.25, 0.3) is 0 Å². The van der Waals surface area contributed by atoms with Crippen molar-refractivity contribution in [3.05, 3.63) is 44.0 Å². The number of halogens is 1. The van der Waals surface area contributed by atoms with Gasteiger partial charge in [0.2, 0.25) is 5.90 Å². The molecule has 1 rings (SSSR count). The molecule has 0 saturated heterocycles. The summed E-state index contributed by atoms with van der Waals surface area (Å²) in [5.41, 5.74) is -1.21. The Morgan fingerprint density at radius 3 is 2.42 bits per heavy atom. The second-order valence-corrected chi connectivity index (χ2v) is 5.50. The van der Waals surface area contributed by atoms with Gasteiger partial charge in [-0.15, -0.1) is 4.39 Å². The van der Waals surface area contributed by atoms with E-state index in [2.05, 4.69) is 4.40 Å². The second kappa shape index (κ2) is 8.19. The lowest BCUT2D eigenvalue weighted by Crippen LogP contribution is -2.16. The third-order valence-corrected chi connectivity index (χ3v) is 3.10. The molecule has 0 atom stereocenters. The number of nitrogens with zero attached hydrogens (tertiary/aromatic N) is 4. The highest BCUT2D eigenvalue weighted by molar-refractivity contribution is 7.96. The van der Waals surface area contributed by atoms with Crippen molar-refractivity contribution in [1.82, 2.24) is 4.31 Å². The molecule has 1 amide bonds. The number of non-ortho nitro benzene ring substituents is 1. The molecule has 0 radical (unpaired) electrons. The summed E-state index contributed by atoms with van der Waals surface area (Å²) in [6.45, 7) is 3.25. The molecule has 12 heteroatoms. The number of ether oxygens (including phenoxy) is 1. The zero-order chi connectivity index (χ0) is 18.4. The van der Waals surface area contributed by atoms with Crippen molar-refractivity contribution >= 4 is 35.6 Å². The van der Waals surface area contributed by atoms with Crippen molar-refractivity contribution < 1.29 is 23.8 Å². The van der Waals surface area contributed by atoms with E-state index in [-0.39, 0.29) is 11.5 Å². The summed E-state index contributed by atoms with van der Waals surface area (Å²) in [5.74, 6) is -0.260. The highest BCUT2D eigenvalue weighted by atomic mass is 32.2. The van der Waals surface area contributed by atoms with Gasteiger partial charge in [-0.05, 0) is 19.9 Å². The van der Waals surface area contributed by atoms with Crippen molar-refractivity contribution in [2.24, 2.45) is 4.40 Å². The number of amides is 1. The van der Waals surface area contributed by atoms with E-state index in [1.165, 1.54) is 0 Å². The first kappa shape index (κ1) is 19.3. The number of nitro benzene ring substituents is 2. The van der Waals surface area contributed by atoms with E-state index in [1.807, 2.05) is 0 Å². The van der Waals surface area contributed by atoms with Crippen LogP contribution in [0.1, 0.15) is 19.4 Å². The summed E-state index contributed by atoms with van der Waals surface area (Å²) in [4.78, 5) is 30.9. The molecule has 0 aliphatic rings. The molecule has 0 fully saturated rings. The van der Waals surface area contributed by atoms with Crippen LogP contribution in [0.2, 0.25) is 0 Å². The molecular weight excluding hydrogens is 347 g/mol. The Labute approximate surface area is 139 Å². The topological polar surface area (TPSA) is 128 Å². The molecule has 0 spiro atoms. The lowest BCUT2D eigenvalue weighted by molar-refractivity contribution is -0.394. The van der Waals surface area contributed by atoms with Crippen LogP contribution in [0.3, 0.4) is 0 Å². The summed E-state index contributed by atoms with van der Waals surface area (Å²) < 4.78 is 22.2. The molecule has 10 nitrogen and oxygen atoms in total. The third kappa shape index (κ3) is 5.15. The van der Waals surface area contributed by atoms with Gasteiger partial charge in [0, 0.05) is 13.1 Å². The van der Waals surface area contributed by atoms with Crippen LogP contribution in [-0.4, -0.2) is 39.4 Å². The van der Waals surface area contributed by atoms with Crippen LogP contribution in [0.4, 0.5) is 20.6 Å². The van der Waals surface area contributed by atoms with E-state index in [0.717, 1.165) is 25.2 Å². The van der Waals surface area contributed by atoms with E-state index in [4.69, 9.17) is 4.74 Å². The number of nitro groups is 2. The molecule has 0 saturated carbocycles. The molecule has 0 aliphatic heterocycles. The smallest absolute Gasteiger partial charge is 0.411 e. The average Bonchev–Trinajstić information content (AvgIpc) is 2.49. The monoisotopic (exact) mass is 360 g/mol. The lowest BCUT2D eigenvalue weighted by atomic mass is 10.1. The largest absolute Gasteiger partial charge is 0.474 e. The molecule has 1 aromatic carbocycles. The second-order valence-electron chi connectivity index (χ2n) is 4.61. The predicted molar refractivity (Wildman–Crippen MR) is 84.4 cm³/mol. The molecule has 0 N–H and O–H groups in total. The van der Waals surface area contributed by atoms with Gasteiger partial charge in [-0.3, -0.25) is 20.2 Å². The fraction of sp³-hybridized carbons (Fsp3) is 0.333. The molecule has 0 aliphatic carbocycles. The Morgan fingerprint density at radius 1 is 1.33 bits per heavy atom. The molecule has 0 aromatic heterocycles. The normalized spacial score (nSPS) is 11.3. The SMILES string of the molecule is CC(C)OC(=NSN(C)C(=O)F)c1ccc([N+](=O)[O-])cc1[N+](=O)[O-]. The van der Waals surface area contributed by atoms with Gasteiger partial charge >= 0.3 is 6.16 Å². The number of carbonyl (C=O) groups is 1. The first-order valence-corrected chi connectivity index (χ1v) is 7.14. The minimum absolute atomic E-state index is 0.133. The van der Waals surface area contributed by atoms with Crippen LogP contribution in [0.15, 0.2) is 22.6 Å². The van der Waals surface area contributed by atoms with Crippen LogP contribution in [0.5, 0.6) is 0 Å². The standard InChI is InChI=1S/C12H13FN4O6S/c1-7(2)23-11(14-24-15(3)12(13)18)9-5-4-8(16(19)20)6-10(9)17(21)22/h4-7H,1-3H3. The number of rotatable bonds is 6. The summed E-state index contributed by atoms with van der Waals surface area (Å²) in [5, 5.41) is 21.9. The predicted octanol–water partition coefficient (Wildman–Crippen LogP) is 3.26. The Hall–Kier alpha value is -2.76. The summed E-state index contributed by atoms with van der Waals surface area (Å²) >= 11 is 0.376. The summed E-state index contributed by atoms with van der Waals surface area (Å²) in [7, 11) is 1.10. The van der Waals surface area contributed by atoms with Gasteiger partial charge in [0.1, 0.15) is 17.7 Å². The van der Waals surface area contributed by atoms with Crippen LogP contribution in [-0.2, 0) is 4.74 Å². The lowest BCUT2D eigenvalue weighted by Gasteiger charge is -2.13. The van der Waals surface area contributed by atoms with Gasteiger partial charge in [0.15, 0.2) is 0 Å². The van der Waals surface area contributed by atoms with Gasteiger partial charge in [-0.25, -0.2) is 9.10 Å². The molecule has 24 heavy (non-hydrogen) atoms. The molecule has 1 aromatic rings. The maximum absolute atomic E-state index is 12.5. The molecular formula is C12H13FN4O6S. The fourth-order valence-electron chi connectivity index (χ4n) is 1.45. The van der Waals surface area contributed by atoms with Crippen LogP contribution >= 0.6 is 12.1 Å². The van der Waals surface area contributed by atoms with Crippen LogP contribution < -0.4 is 0 Å². The third-order valence-electron chi connectivity index (χ3n) is 2.46. The quantitative estimate of drug-likeness (QED) is 0.145. The maximum atomic E-state index is 12.5. The van der Waals surface area contributed by atoms with Gasteiger partial charge in [-0.2, -0.15) is 4.40 Å². The van der Waals surface area contributed by atoms with E-state index in [0.29, 0.717) is 16.4 Å². The molecule has 130 valence electrons. The number of hydrogen-bond donors (Lipinski definition) is 0. The number of benzene rings is 1. The van der Waals surface area contributed by atoms with Crippen LogP contribution in [0, 0.1) is 20.2 Å².